The summed E-state index contributed by atoms with van der Waals surface area (Å²) in [6.45, 7) is 0. The summed E-state index contributed by atoms with van der Waals surface area (Å²) in [4.78, 5) is 22.1. The molecule has 0 aliphatic heterocycles. The molecule has 24 heavy (non-hydrogen) atoms. The lowest BCUT2D eigenvalue weighted by molar-refractivity contribution is -0.384. The summed E-state index contributed by atoms with van der Waals surface area (Å²) in [5.74, 6) is -1.71. The predicted molar refractivity (Wildman–Crippen MR) is 82.6 cm³/mol. The van der Waals surface area contributed by atoms with E-state index in [0.29, 0.717) is 5.69 Å². The van der Waals surface area contributed by atoms with Crippen LogP contribution in [0.1, 0.15) is 10.4 Å². The smallest absolute Gasteiger partial charge is 0.339 e. The Kier molecular flexibility index (Phi) is 3.78. The molecule has 1 aromatic heterocycles. The molecule has 3 rings (SSSR count). The lowest BCUT2D eigenvalue weighted by Gasteiger charge is -2.02. The molecule has 0 spiro atoms. The average molecular weight is 327 g/mol. The summed E-state index contributed by atoms with van der Waals surface area (Å²) in [5.41, 5.74) is 0.0709. The van der Waals surface area contributed by atoms with Crippen LogP contribution < -0.4 is 0 Å². The van der Waals surface area contributed by atoms with Crippen molar-refractivity contribution in [1.82, 2.24) is 9.78 Å². The zero-order valence-corrected chi connectivity index (χ0v) is 12.1. The van der Waals surface area contributed by atoms with Crippen molar-refractivity contribution in [2.45, 2.75) is 0 Å². The minimum absolute atomic E-state index is 0.0286. The summed E-state index contributed by atoms with van der Waals surface area (Å²) >= 11 is 0. The summed E-state index contributed by atoms with van der Waals surface area (Å²) in [7, 11) is 0. The van der Waals surface area contributed by atoms with Gasteiger partial charge in [0.15, 0.2) is 0 Å². The van der Waals surface area contributed by atoms with Gasteiger partial charge in [-0.15, -0.1) is 0 Å². The topological polar surface area (TPSA) is 98.3 Å². The van der Waals surface area contributed by atoms with Gasteiger partial charge in [-0.2, -0.15) is 5.10 Å². The number of carboxylic acid groups (broad SMARTS) is 1. The van der Waals surface area contributed by atoms with Crippen LogP contribution in [0.4, 0.5) is 10.1 Å². The number of hydrogen-bond donors (Lipinski definition) is 1. The molecule has 8 heteroatoms. The lowest BCUT2D eigenvalue weighted by Crippen LogP contribution is -1.99. The van der Waals surface area contributed by atoms with Gasteiger partial charge in [-0.25, -0.2) is 13.9 Å². The number of halogens is 1. The molecule has 0 amide bonds. The van der Waals surface area contributed by atoms with E-state index in [9.17, 15) is 24.4 Å². The number of nitrogens with zero attached hydrogens (tertiary/aromatic N) is 3. The molecule has 0 radical (unpaired) electrons. The molecule has 2 aromatic carbocycles. The Bertz CT molecular complexity index is 935. The van der Waals surface area contributed by atoms with Gasteiger partial charge < -0.3 is 5.11 Å². The molecule has 0 unspecified atom stereocenters. The maximum absolute atomic E-state index is 13.0. The summed E-state index contributed by atoms with van der Waals surface area (Å²) in [6, 6.07) is 11.0. The number of aromatic carboxylic acids is 1. The second-order valence-electron chi connectivity index (χ2n) is 4.89. The van der Waals surface area contributed by atoms with Crippen molar-refractivity contribution in [2.24, 2.45) is 0 Å². The molecule has 0 fully saturated rings. The van der Waals surface area contributed by atoms with Crippen molar-refractivity contribution in [1.29, 1.82) is 0 Å². The van der Waals surface area contributed by atoms with E-state index in [0.717, 1.165) is 0 Å². The molecular formula is C16H10FN3O4. The van der Waals surface area contributed by atoms with E-state index in [1.165, 1.54) is 53.3 Å². The third kappa shape index (κ3) is 2.72. The van der Waals surface area contributed by atoms with Crippen molar-refractivity contribution in [3.05, 3.63) is 76.2 Å². The van der Waals surface area contributed by atoms with Crippen LogP contribution in [0.5, 0.6) is 0 Å². The van der Waals surface area contributed by atoms with E-state index in [1.807, 2.05) is 0 Å². The molecule has 120 valence electrons. The fourth-order valence-corrected chi connectivity index (χ4v) is 2.29. The van der Waals surface area contributed by atoms with E-state index < -0.39 is 16.7 Å². The molecule has 0 aliphatic rings. The Labute approximate surface area is 134 Å². The number of nitro benzene ring substituents is 1. The Morgan fingerprint density at radius 3 is 2.46 bits per heavy atom. The number of nitro groups is 1. The zero-order valence-electron chi connectivity index (χ0n) is 12.1. The first-order chi connectivity index (χ1) is 11.5. The molecule has 3 aromatic rings. The molecule has 1 heterocycles. The third-order valence-corrected chi connectivity index (χ3v) is 3.39. The SMILES string of the molecule is O=C(O)c1cn(-c2ccc(F)cc2)nc1-c1ccccc1[N+](=O)[O-]. The highest BCUT2D eigenvalue weighted by atomic mass is 19.1. The molecule has 0 saturated carbocycles. The molecule has 1 N–H and O–H groups in total. The first-order valence-electron chi connectivity index (χ1n) is 6.80. The van der Waals surface area contributed by atoms with Gasteiger partial charge in [-0.05, 0) is 30.3 Å². The van der Waals surface area contributed by atoms with Gasteiger partial charge in [-0.3, -0.25) is 10.1 Å². The van der Waals surface area contributed by atoms with Crippen LogP contribution in [0.25, 0.3) is 16.9 Å². The van der Waals surface area contributed by atoms with Crippen LogP contribution >= 0.6 is 0 Å². The van der Waals surface area contributed by atoms with Gasteiger partial charge in [0.05, 0.1) is 16.2 Å². The number of para-hydroxylation sites is 1. The zero-order chi connectivity index (χ0) is 17.3. The fourth-order valence-electron chi connectivity index (χ4n) is 2.29. The van der Waals surface area contributed by atoms with Crippen molar-refractivity contribution in [2.75, 3.05) is 0 Å². The van der Waals surface area contributed by atoms with Crippen LogP contribution in [-0.4, -0.2) is 25.8 Å². The quantitative estimate of drug-likeness (QED) is 0.585. The normalized spacial score (nSPS) is 10.5. The highest BCUT2D eigenvalue weighted by Crippen LogP contribution is 2.31. The highest BCUT2D eigenvalue weighted by Gasteiger charge is 2.24. The Hall–Kier alpha value is -3.55. The Balaban J connectivity index is 2.20. The van der Waals surface area contributed by atoms with Gasteiger partial charge in [0.2, 0.25) is 0 Å². The van der Waals surface area contributed by atoms with E-state index >= 15 is 0 Å². The lowest BCUT2D eigenvalue weighted by atomic mass is 10.1. The minimum atomic E-state index is -1.27. The molecule has 0 bridgehead atoms. The third-order valence-electron chi connectivity index (χ3n) is 3.39. The second-order valence-corrected chi connectivity index (χ2v) is 4.89. The summed E-state index contributed by atoms with van der Waals surface area (Å²) < 4.78 is 14.3. The Morgan fingerprint density at radius 1 is 1.17 bits per heavy atom. The first kappa shape index (κ1) is 15.3. The van der Waals surface area contributed by atoms with Crippen LogP contribution in [0.3, 0.4) is 0 Å². The summed E-state index contributed by atoms with van der Waals surface area (Å²) in [5, 5.41) is 24.7. The predicted octanol–water partition coefficient (Wildman–Crippen LogP) is 3.28. The molecular weight excluding hydrogens is 317 g/mol. The van der Waals surface area contributed by atoms with Crippen molar-refractivity contribution >= 4 is 11.7 Å². The molecule has 0 atom stereocenters. The minimum Gasteiger partial charge on any atom is -0.478 e. The van der Waals surface area contributed by atoms with Crippen molar-refractivity contribution < 1.29 is 19.2 Å². The van der Waals surface area contributed by atoms with E-state index in [-0.39, 0.29) is 22.5 Å². The van der Waals surface area contributed by atoms with E-state index in [2.05, 4.69) is 5.10 Å². The second kappa shape index (κ2) is 5.92. The monoisotopic (exact) mass is 327 g/mol. The van der Waals surface area contributed by atoms with E-state index in [4.69, 9.17) is 0 Å². The highest BCUT2D eigenvalue weighted by molar-refractivity contribution is 5.96. The first-order valence-corrected chi connectivity index (χ1v) is 6.80. The van der Waals surface area contributed by atoms with Crippen LogP contribution in [0.15, 0.2) is 54.7 Å². The molecule has 7 nitrogen and oxygen atoms in total. The average Bonchev–Trinajstić information content (AvgIpc) is 3.01. The number of hydrogen-bond acceptors (Lipinski definition) is 4. The van der Waals surface area contributed by atoms with Crippen LogP contribution in [0, 0.1) is 15.9 Å². The van der Waals surface area contributed by atoms with Gasteiger partial charge in [0, 0.05) is 12.3 Å². The van der Waals surface area contributed by atoms with Gasteiger partial charge in [0.1, 0.15) is 17.1 Å². The standard InChI is InChI=1S/C16H10FN3O4/c17-10-5-7-11(8-6-10)19-9-13(16(21)22)15(18-19)12-3-1-2-4-14(12)20(23)24/h1-9H,(H,21,22). The van der Waals surface area contributed by atoms with Crippen molar-refractivity contribution in [3.8, 4) is 16.9 Å². The number of benzene rings is 2. The molecule has 0 aliphatic carbocycles. The van der Waals surface area contributed by atoms with Crippen LogP contribution in [0.2, 0.25) is 0 Å². The van der Waals surface area contributed by atoms with Gasteiger partial charge >= 0.3 is 5.97 Å². The number of carbonyl (C=O) groups is 1. The van der Waals surface area contributed by atoms with Gasteiger partial charge in [-0.1, -0.05) is 12.1 Å². The number of carboxylic acids is 1. The summed E-state index contributed by atoms with van der Waals surface area (Å²) in [6.07, 6.45) is 1.24. The fraction of sp³-hybridized carbons (Fsp3) is 0. The largest absolute Gasteiger partial charge is 0.478 e. The number of rotatable bonds is 4. The number of aromatic nitrogens is 2. The molecule has 0 saturated heterocycles. The Morgan fingerprint density at radius 2 is 1.83 bits per heavy atom. The van der Waals surface area contributed by atoms with Gasteiger partial charge in [0.25, 0.3) is 5.69 Å². The van der Waals surface area contributed by atoms with Crippen LogP contribution in [-0.2, 0) is 0 Å². The maximum Gasteiger partial charge on any atom is 0.339 e. The van der Waals surface area contributed by atoms with E-state index in [1.54, 1.807) is 6.07 Å². The van der Waals surface area contributed by atoms with Crippen molar-refractivity contribution in [3.63, 3.8) is 0 Å². The maximum atomic E-state index is 13.0.